The van der Waals surface area contributed by atoms with Crippen molar-refractivity contribution in [2.75, 3.05) is 26.4 Å². The van der Waals surface area contributed by atoms with Gasteiger partial charge in [0.15, 0.2) is 31.3 Å². The molecule has 8 fully saturated rings. The van der Waals surface area contributed by atoms with Gasteiger partial charge < -0.3 is 119 Å². The summed E-state index contributed by atoms with van der Waals surface area (Å²) in [6.45, 7) is 15.0. The summed E-state index contributed by atoms with van der Waals surface area (Å²) >= 11 is 0. The summed E-state index contributed by atoms with van der Waals surface area (Å²) in [5.41, 5.74) is -3.54. The van der Waals surface area contributed by atoms with E-state index in [1.54, 1.807) is 19.9 Å². The van der Waals surface area contributed by atoms with Crippen molar-refractivity contribution in [3.8, 4) is 0 Å². The second-order valence-electron chi connectivity index (χ2n) is 27.5. The van der Waals surface area contributed by atoms with Crippen LogP contribution in [0.3, 0.4) is 0 Å². The fourth-order valence-electron chi connectivity index (χ4n) is 17.1. The first kappa shape index (κ1) is 66.0. The molecular weight excluding hydrogens is 1110 g/mol. The molecule has 0 amide bonds. The van der Waals surface area contributed by atoms with Crippen molar-refractivity contribution in [1.82, 2.24) is 0 Å². The second kappa shape index (κ2) is 24.1. The summed E-state index contributed by atoms with van der Waals surface area (Å²) in [4.78, 5) is 26.6. The number of ether oxygens (including phenoxy) is 9. The van der Waals surface area contributed by atoms with Crippen LogP contribution in [0.4, 0.5) is 0 Å². The zero-order valence-electron chi connectivity index (χ0n) is 49.1. The average Bonchev–Trinajstić information content (AvgIpc) is 0.677. The highest BCUT2D eigenvalue weighted by Crippen LogP contribution is 2.76. The van der Waals surface area contributed by atoms with Crippen molar-refractivity contribution in [1.29, 1.82) is 0 Å². The SMILES string of the molecule is CC=C(C)C(=O)O[C@H]1CC(C)(C)C[C@H]2C3=CC[C@@H]4[C@@]5(C)CC[C@H](O[C@@H]6O[C@H](C(=O)O)[C@@H](O)[C@H](O[C@@H]7OC[C@@H](O)[C@H](O)[C@H]7O[C@@H]7O[C@H](CO)[C@@H](O)[C@H](O)[C@H]7O)[C@H]6O[C@@H]6O[C@H](CO)[C@@H](O)[C@H](O)[C@H]6O)C(C)(C)[C@@H]5CC[C@@]4(C)[C@]3(C)[C@@H](O)[C@@H](O)[C@@]12CO. The minimum absolute atomic E-state index is 0.121. The molecule has 4 saturated carbocycles. The number of carbonyl (C=O) groups excluding carboxylic acids is 1. The van der Waals surface area contributed by atoms with Gasteiger partial charge in [-0.3, -0.25) is 0 Å². The second-order valence-corrected chi connectivity index (χ2v) is 27.5. The number of rotatable bonds is 14. The molecular formula is C58H92O26. The lowest BCUT2D eigenvalue weighted by molar-refractivity contribution is -0.401. The highest BCUT2D eigenvalue weighted by Gasteiger charge is 2.75. The molecule has 0 aromatic carbocycles. The van der Waals surface area contributed by atoms with Gasteiger partial charge in [-0.2, -0.15) is 0 Å². The van der Waals surface area contributed by atoms with Crippen molar-refractivity contribution in [3.63, 3.8) is 0 Å². The molecule has 5 aliphatic carbocycles. The maximum Gasteiger partial charge on any atom is 0.335 e. The molecule has 0 aromatic rings. The number of carboxylic acid groups (broad SMARTS) is 1. The normalized spacial score (nSPS) is 51.9. The lowest BCUT2D eigenvalue weighted by Gasteiger charge is -2.73. The molecule has 0 radical (unpaired) electrons. The van der Waals surface area contributed by atoms with Crippen LogP contribution in [0.15, 0.2) is 23.3 Å². The first-order chi connectivity index (χ1) is 39.2. The third-order valence-corrected chi connectivity index (χ3v) is 22.2. The van der Waals surface area contributed by atoms with Crippen LogP contribution in [-0.4, -0.2) is 256 Å². The highest BCUT2D eigenvalue weighted by atomic mass is 16.8. The Morgan fingerprint density at radius 2 is 1.21 bits per heavy atom. The van der Waals surface area contributed by atoms with Gasteiger partial charge in [0.05, 0.1) is 50.2 Å². The summed E-state index contributed by atoms with van der Waals surface area (Å²) in [5, 5.41) is 167. The number of hydrogen-bond acceptors (Lipinski definition) is 25. The average molecular weight is 1210 g/mol. The summed E-state index contributed by atoms with van der Waals surface area (Å²) in [7, 11) is 0. The van der Waals surface area contributed by atoms with E-state index < -0.39 is 218 Å². The molecule has 9 aliphatic rings. The van der Waals surface area contributed by atoms with E-state index in [1.807, 2.05) is 20.8 Å². The number of fused-ring (bicyclic) bond motifs is 7. The van der Waals surface area contributed by atoms with Crippen LogP contribution in [0, 0.1) is 50.2 Å². The predicted molar refractivity (Wildman–Crippen MR) is 285 cm³/mol. The van der Waals surface area contributed by atoms with Gasteiger partial charge in [0.2, 0.25) is 0 Å². The fraction of sp³-hybridized carbons (Fsp3) is 0.897. The van der Waals surface area contributed by atoms with Crippen LogP contribution in [-0.2, 0) is 52.2 Å². The number of esters is 1. The standard InChI is InChI=1S/C58H92O26/c1-10-23(2)48(75)79-32-18-53(3,4)17-25-24-11-12-30-55(7)15-14-31(54(5,6)29(55)13-16-56(30,8)57(24,9)45(71)46(72)58(25,32)22-61)80-52-44(84-50-39(69)37(67)35(65)28(20-60)78-50)41(40(70)42(82-52)47(73)74)81-51-43(33(63)26(62)21-76-51)83-49-38(68)36(66)34(64)27(19-59)77-49/h10-11,25-46,49-52,59-72H,12-22H2,1-9H3,(H,73,74)/t25-,26+,27+,28+,29-,30+,31-,32-,33-,34+,35+,36-,37-,38+,39+,40-,41-,42-,43+,44+,45-,46+,49-,50-,51-,52+,55-,56+,57-,58+/m0/s1. The number of carbonyl (C=O) groups is 2. The molecule has 4 aliphatic heterocycles. The molecule has 480 valence electrons. The largest absolute Gasteiger partial charge is 0.479 e. The third kappa shape index (κ3) is 10.6. The van der Waals surface area contributed by atoms with Crippen LogP contribution in [0.2, 0.25) is 0 Å². The van der Waals surface area contributed by atoms with Gasteiger partial charge in [-0.1, -0.05) is 66.2 Å². The van der Waals surface area contributed by atoms with E-state index in [0.717, 1.165) is 5.57 Å². The number of aliphatic hydroxyl groups is 14. The predicted octanol–water partition coefficient (Wildman–Crippen LogP) is -2.40. The van der Waals surface area contributed by atoms with Gasteiger partial charge in [-0.25, -0.2) is 9.59 Å². The Morgan fingerprint density at radius 3 is 1.77 bits per heavy atom. The number of carboxylic acids is 1. The van der Waals surface area contributed by atoms with Gasteiger partial charge in [-0.05, 0) is 98.2 Å². The first-order valence-corrected chi connectivity index (χ1v) is 29.5. The van der Waals surface area contributed by atoms with Crippen LogP contribution >= 0.6 is 0 Å². The van der Waals surface area contributed by atoms with Crippen molar-refractivity contribution in [2.45, 2.75) is 248 Å². The Bertz CT molecular complexity index is 2420. The molecule has 0 unspecified atom stereocenters. The summed E-state index contributed by atoms with van der Waals surface area (Å²) < 4.78 is 54.9. The Morgan fingerprint density at radius 1 is 0.631 bits per heavy atom. The van der Waals surface area contributed by atoms with Crippen LogP contribution in [0.5, 0.6) is 0 Å². The fourth-order valence-corrected chi connectivity index (χ4v) is 17.1. The van der Waals surface area contributed by atoms with Gasteiger partial charge in [-0.15, -0.1) is 0 Å². The van der Waals surface area contributed by atoms with Crippen molar-refractivity contribution >= 4 is 11.9 Å². The zero-order chi connectivity index (χ0) is 61.9. The Balaban J connectivity index is 1.04. The Labute approximate surface area is 487 Å². The van der Waals surface area contributed by atoms with Crippen LogP contribution < -0.4 is 0 Å². The van der Waals surface area contributed by atoms with E-state index >= 15 is 0 Å². The van der Waals surface area contributed by atoms with E-state index in [4.69, 9.17) is 42.6 Å². The van der Waals surface area contributed by atoms with Gasteiger partial charge in [0, 0.05) is 11.0 Å². The quantitative estimate of drug-likeness (QED) is 0.0373. The van der Waals surface area contributed by atoms with E-state index in [-0.39, 0.29) is 18.3 Å². The number of aliphatic hydroxyl groups excluding tert-OH is 14. The van der Waals surface area contributed by atoms with Gasteiger partial charge in [0.25, 0.3) is 0 Å². The Kier molecular flexibility index (Phi) is 18.9. The molecule has 4 saturated heterocycles. The third-order valence-electron chi connectivity index (χ3n) is 22.2. The lowest BCUT2D eigenvalue weighted by Crippen LogP contribution is -2.74. The molecule has 9 rings (SSSR count). The van der Waals surface area contributed by atoms with Crippen molar-refractivity contribution in [2.24, 2.45) is 50.2 Å². The molecule has 26 nitrogen and oxygen atoms in total. The highest BCUT2D eigenvalue weighted by molar-refractivity contribution is 5.87. The summed E-state index contributed by atoms with van der Waals surface area (Å²) in [5.74, 6) is -3.04. The topological polar surface area (TPSA) is 421 Å². The minimum atomic E-state index is -2.25. The minimum Gasteiger partial charge on any atom is -0.479 e. The lowest BCUT2D eigenvalue weighted by atomic mass is 9.32. The molecule has 30 atom stereocenters. The maximum absolute atomic E-state index is 13.5. The van der Waals surface area contributed by atoms with Crippen molar-refractivity contribution in [3.05, 3.63) is 23.3 Å². The van der Waals surface area contributed by atoms with E-state index in [2.05, 4.69) is 33.8 Å². The number of hydrogen-bond donors (Lipinski definition) is 15. The maximum atomic E-state index is 13.5. The van der Waals surface area contributed by atoms with E-state index in [9.17, 15) is 86.2 Å². The number of aliphatic carboxylic acids is 1. The monoisotopic (exact) mass is 1200 g/mol. The summed E-state index contributed by atoms with van der Waals surface area (Å²) in [6, 6.07) is 0. The van der Waals surface area contributed by atoms with E-state index in [0.29, 0.717) is 44.1 Å². The van der Waals surface area contributed by atoms with Gasteiger partial charge >= 0.3 is 11.9 Å². The van der Waals surface area contributed by atoms with E-state index in [1.165, 1.54) is 0 Å². The first-order valence-electron chi connectivity index (χ1n) is 29.5. The Hall–Kier alpha value is -2.46. The molecule has 0 spiro atoms. The summed E-state index contributed by atoms with van der Waals surface area (Å²) in [6.07, 6.45) is -33.9. The van der Waals surface area contributed by atoms with Crippen LogP contribution in [0.1, 0.15) is 107 Å². The molecule has 26 heteroatoms. The molecule has 84 heavy (non-hydrogen) atoms. The molecule has 4 heterocycles. The van der Waals surface area contributed by atoms with Crippen LogP contribution in [0.25, 0.3) is 0 Å². The van der Waals surface area contributed by atoms with Crippen molar-refractivity contribution < 1.29 is 129 Å². The van der Waals surface area contributed by atoms with Gasteiger partial charge in [0.1, 0.15) is 91.6 Å². The molecule has 15 N–H and O–H groups in total. The zero-order valence-corrected chi connectivity index (χ0v) is 49.1. The smallest absolute Gasteiger partial charge is 0.335 e. The molecule has 0 bridgehead atoms. The number of allylic oxidation sites excluding steroid dienone is 2. The molecule has 0 aromatic heterocycles.